The van der Waals surface area contributed by atoms with Gasteiger partial charge >= 0.3 is 0 Å². The van der Waals surface area contributed by atoms with Crippen LogP contribution in [0.15, 0.2) is 36.5 Å². The van der Waals surface area contributed by atoms with Crippen molar-refractivity contribution in [1.82, 2.24) is 14.8 Å². The number of fused-ring (bicyclic) bond motifs is 1. The Hall–Kier alpha value is -2.21. The van der Waals surface area contributed by atoms with Crippen LogP contribution in [0.4, 0.5) is 5.82 Å². The van der Waals surface area contributed by atoms with Gasteiger partial charge in [-0.3, -0.25) is 4.79 Å². The van der Waals surface area contributed by atoms with E-state index in [-0.39, 0.29) is 5.91 Å². The molecule has 2 heterocycles. The second-order valence-corrected chi connectivity index (χ2v) is 7.83. The first-order valence-corrected chi connectivity index (χ1v) is 9.70. The molecule has 0 saturated heterocycles. The lowest BCUT2D eigenvalue weighted by atomic mass is 10.2. The van der Waals surface area contributed by atoms with Gasteiger partial charge in [0.1, 0.15) is 5.82 Å². The molecule has 1 aliphatic carbocycles. The van der Waals surface area contributed by atoms with E-state index in [0.29, 0.717) is 18.4 Å². The van der Waals surface area contributed by atoms with Crippen LogP contribution in [0.2, 0.25) is 0 Å². The van der Waals surface area contributed by atoms with Crippen LogP contribution in [0, 0.1) is 5.92 Å². The highest BCUT2D eigenvalue weighted by atomic mass is 32.1. The fraction of sp³-hybridized carbons (Fsp3) is 0.421. The first kappa shape index (κ1) is 16.3. The van der Waals surface area contributed by atoms with Crippen molar-refractivity contribution in [3.63, 3.8) is 0 Å². The molecule has 0 aliphatic heterocycles. The molecule has 0 spiro atoms. The summed E-state index contributed by atoms with van der Waals surface area (Å²) in [6.45, 7) is 2.17. The van der Waals surface area contributed by atoms with Crippen molar-refractivity contribution < 1.29 is 4.79 Å². The first-order chi connectivity index (χ1) is 12.2. The number of benzene rings is 1. The molecule has 0 bridgehead atoms. The lowest BCUT2D eigenvalue weighted by Gasteiger charge is -2.15. The second-order valence-electron chi connectivity index (χ2n) is 6.72. The molecule has 25 heavy (non-hydrogen) atoms. The number of thiazole rings is 1. The number of nitrogens with zero attached hydrogens (tertiary/aromatic N) is 3. The zero-order valence-electron chi connectivity index (χ0n) is 14.3. The van der Waals surface area contributed by atoms with Gasteiger partial charge < -0.3 is 5.32 Å². The standard InChI is InChI=1S/C19H22N4OS/c1-13(14-9-10-14)23-17(11-12-20-23)22-18(24)7-4-8-19-21-15-5-2-3-6-16(15)25-19/h2-3,5-6,11-14H,4,7-10H2,1H3,(H,22,24). The molecule has 3 aromatic rings. The summed E-state index contributed by atoms with van der Waals surface area (Å²) in [5, 5.41) is 8.49. The Kier molecular flexibility index (Phi) is 4.53. The number of carbonyl (C=O) groups excluding carboxylic acids is 1. The maximum Gasteiger partial charge on any atom is 0.225 e. The molecule has 1 aliphatic rings. The molecule has 1 unspecified atom stereocenters. The summed E-state index contributed by atoms with van der Waals surface area (Å²) in [6.07, 6.45) is 6.42. The monoisotopic (exact) mass is 354 g/mol. The SMILES string of the molecule is CC(C1CC1)n1nccc1NC(=O)CCCc1nc2ccccc2s1. The van der Waals surface area contributed by atoms with Crippen molar-refractivity contribution in [2.45, 2.75) is 45.1 Å². The van der Waals surface area contributed by atoms with Crippen molar-refractivity contribution in [3.8, 4) is 0 Å². The van der Waals surface area contributed by atoms with Crippen LogP contribution in [0.5, 0.6) is 0 Å². The van der Waals surface area contributed by atoms with Gasteiger partial charge in [0.15, 0.2) is 0 Å². The van der Waals surface area contributed by atoms with E-state index in [0.717, 1.165) is 29.2 Å². The Balaban J connectivity index is 1.30. The molecule has 4 rings (SSSR count). The maximum atomic E-state index is 12.3. The van der Waals surface area contributed by atoms with Gasteiger partial charge in [0, 0.05) is 12.5 Å². The van der Waals surface area contributed by atoms with Gasteiger partial charge in [0.25, 0.3) is 0 Å². The Bertz CT molecular complexity index is 847. The summed E-state index contributed by atoms with van der Waals surface area (Å²) in [6, 6.07) is 10.4. The zero-order chi connectivity index (χ0) is 17.2. The van der Waals surface area contributed by atoms with Crippen molar-refractivity contribution in [2.75, 3.05) is 5.32 Å². The van der Waals surface area contributed by atoms with Crippen molar-refractivity contribution >= 4 is 33.3 Å². The van der Waals surface area contributed by atoms with Crippen molar-refractivity contribution in [1.29, 1.82) is 0 Å². The molecule has 1 saturated carbocycles. The number of anilines is 1. The summed E-state index contributed by atoms with van der Waals surface area (Å²) in [5.41, 5.74) is 1.05. The minimum absolute atomic E-state index is 0.0471. The highest BCUT2D eigenvalue weighted by Crippen LogP contribution is 2.40. The third-order valence-electron chi connectivity index (χ3n) is 4.76. The van der Waals surface area contributed by atoms with E-state index in [2.05, 4.69) is 28.4 Å². The van der Waals surface area contributed by atoms with Gasteiger partial charge in [-0.05, 0) is 50.7 Å². The van der Waals surface area contributed by atoms with Crippen LogP contribution in [0.25, 0.3) is 10.2 Å². The molecule has 1 aromatic carbocycles. The first-order valence-electron chi connectivity index (χ1n) is 8.88. The van der Waals surface area contributed by atoms with Gasteiger partial charge in [-0.1, -0.05) is 12.1 Å². The number of aryl methyl sites for hydroxylation is 1. The summed E-state index contributed by atoms with van der Waals surface area (Å²) in [5.74, 6) is 1.56. The fourth-order valence-electron chi connectivity index (χ4n) is 3.15. The molecule has 1 fully saturated rings. The lowest BCUT2D eigenvalue weighted by molar-refractivity contribution is -0.116. The summed E-state index contributed by atoms with van der Waals surface area (Å²) >= 11 is 1.71. The molecule has 5 nitrogen and oxygen atoms in total. The van der Waals surface area contributed by atoms with E-state index in [1.54, 1.807) is 17.5 Å². The highest BCUT2D eigenvalue weighted by molar-refractivity contribution is 7.18. The summed E-state index contributed by atoms with van der Waals surface area (Å²) in [7, 11) is 0. The summed E-state index contributed by atoms with van der Waals surface area (Å²) in [4.78, 5) is 16.9. The number of para-hydroxylation sites is 1. The minimum atomic E-state index is 0.0471. The Morgan fingerprint density at radius 3 is 3.00 bits per heavy atom. The predicted octanol–water partition coefficient (Wildman–Crippen LogP) is 4.43. The van der Waals surface area contributed by atoms with Crippen LogP contribution in [0.1, 0.15) is 43.7 Å². The number of hydrogen-bond acceptors (Lipinski definition) is 4. The molecule has 6 heteroatoms. The van der Waals surface area contributed by atoms with Crippen LogP contribution < -0.4 is 5.32 Å². The number of hydrogen-bond donors (Lipinski definition) is 1. The Morgan fingerprint density at radius 2 is 2.20 bits per heavy atom. The van der Waals surface area contributed by atoms with Gasteiger partial charge in [-0.2, -0.15) is 5.10 Å². The molecule has 1 atom stereocenters. The molecule has 0 radical (unpaired) electrons. The maximum absolute atomic E-state index is 12.3. The number of aromatic nitrogens is 3. The Morgan fingerprint density at radius 1 is 1.36 bits per heavy atom. The van der Waals surface area contributed by atoms with E-state index >= 15 is 0 Å². The van der Waals surface area contributed by atoms with Crippen LogP contribution in [0.3, 0.4) is 0 Å². The number of rotatable bonds is 7. The van der Waals surface area contributed by atoms with E-state index in [1.165, 1.54) is 17.5 Å². The van der Waals surface area contributed by atoms with Gasteiger partial charge in [-0.15, -0.1) is 11.3 Å². The quantitative estimate of drug-likeness (QED) is 0.683. The third kappa shape index (κ3) is 3.74. The van der Waals surface area contributed by atoms with E-state index in [4.69, 9.17) is 0 Å². The average Bonchev–Trinajstić information content (AvgIpc) is 3.22. The molecular weight excluding hydrogens is 332 g/mol. The number of amides is 1. The topological polar surface area (TPSA) is 59.8 Å². The van der Waals surface area contributed by atoms with Crippen LogP contribution in [-0.2, 0) is 11.2 Å². The van der Waals surface area contributed by atoms with E-state index in [9.17, 15) is 4.79 Å². The van der Waals surface area contributed by atoms with Gasteiger partial charge in [0.2, 0.25) is 5.91 Å². The molecule has 1 amide bonds. The van der Waals surface area contributed by atoms with E-state index in [1.807, 2.05) is 28.9 Å². The zero-order valence-corrected chi connectivity index (χ0v) is 15.1. The lowest BCUT2D eigenvalue weighted by Crippen LogP contribution is -2.18. The second kappa shape index (κ2) is 6.96. The van der Waals surface area contributed by atoms with Gasteiger partial charge in [-0.25, -0.2) is 9.67 Å². The predicted molar refractivity (Wildman–Crippen MR) is 101 cm³/mol. The summed E-state index contributed by atoms with van der Waals surface area (Å²) < 4.78 is 3.16. The molecular formula is C19H22N4OS. The average molecular weight is 354 g/mol. The molecule has 1 N–H and O–H groups in total. The van der Waals surface area contributed by atoms with E-state index < -0.39 is 0 Å². The third-order valence-corrected chi connectivity index (χ3v) is 5.86. The van der Waals surface area contributed by atoms with Crippen molar-refractivity contribution in [3.05, 3.63) is 41.5 Å². The van der Waals surface area contributed by atoms with Crippen LogP contribution in [-0.4, -0.2) is 20.7 Å². The fourth-order valence-corrected chi connectivity index (χ4v) is 4.16. The minimum Gasteiger partial charge on any atom is -0.311 e. The Labute approximate surface area is 151 Å². The van der Waals surface area contributed by atoms with Gasteiger partial charge in [0.05, 0.1) is 27.5 Å². The largest absolute Gasteiger partial charge is 0.311 e. The number of nitrogens with one attached hydrogen (secondary N) is 1. The van der Waals surface area contributed by atoms with Crippen molar-refractivity contribution in [2.24, 2.45) is 5.92 Å². The molecule has 130 valence electrons. The van der Waals surface area contributed by atoms with Crippen LogP contribution >= 0.6 is 11.3 Å². The normalized spacial score (nSPS) is 15.4. The molecule has 2 aromatic heterocycles. The highest BCUT2D eigenvalue weighted by Gasteiger charge is 2.30. The smallest absolute Gasteiger partial charge is 0.225 e. The number of carbonyl (C=O) groups is 1.